The molecule has 0 aromatic carbocycles. The Morgan fingerprint density at radius 2 is 0.977 bits per heavy atom. The highest BCUT2D eigenvalue weighted by Gasteiger charge is 2.17. The molecular formula is C39H69NO3. The lowest BCUT2D eigenvalue weighted by Crippen LogP contribution is -2.45. The summed E-state index contributed by atoms with van der Waals surface area (Å²) < 4.78 is 0. The third kappa shape index (κ3) is 31.3. The Morgan fingerprint density at radius 1 is 0.558 bits per heavy atom. The molecule has 0 fully saturated rings. The zero-order valence-electron chi connectivity index (χ0n) is 28.2. The molecule has 2 atom stereocenters. The van der Waals surface area contributed by atoms with Crippen LogP contribution in [0.3, 0.4) is 0 Å². The highest BCUT2D eigenvalue weighted by Crippen LogP contribution is 2.10. The van der Waals surface area contributed by atoms with E-state index in [0.29, 0.717) is 6.42 Å². The SMILES string of the molecule is CCCCCC/C=C\C/C=C\CCCCCCCC(=O)NC(CO)C(O)/C=C/CC/C=C/CC/C=C/CCCCCCC. The van der Waals surface area contributed by atoms with Gasteiger partial charge in [-0.1, -0.05) is 139 Å². The standard InChI is InChI=1S/C39H69NO3/c1-3-5-7-9-11-13-15-17-19-21-23-25-27-29-31-33-35-39(43)40-37(36-41)38(42)34-32-30-28-26-24-22-20-18-16-14-12-10-8-6-4-2/h13,15-16,18-19,21,24,26,32,34,37-38,41-42H,3-12,14,17,20,22-23,25,27-31,33,35-36H2,1-2H3,(H,40,43)/b15-13-,18-16+,21-19-,26-24+,34-32+. The summed E-state index contributed by atoms with van der Waals surface area (Å²) in [7, 11) is 0. The minimum atomic E-state index is -0.876. The van der Waals surface area contributed by atoms with Crippen LogP contribution in [0.1, 0.15) is 162 Å². The first kappa shape index (κ1) is 41.1. The Bertz CT molecular complexity index is 737. The number of carbonyl (C=O) groups excluding carboxylic acids is 1. The molecule has 0 saturated carbocycles. The van der Waals surface area contributed by atoms with E-state index in [1.807, 2.05) is 6.08 Å². The van der Waals surface area contributed by atoms with E-state index in [0.717, 1.165) is 57.8 Å². The van der Waals surface area contributed by atoms with Crippen molar-refractivity contribution in [3.63, 3.8) is 0 Å². The van der Waals surface area contributed by atoms with Crippen molar-refractivity contribution in [3.8, 4) is 0 Å². The van der Waals surface area contributed by atoms with E-state index in [4.69, 9.17) is 0 Å². The number of hydrogen-bond donors (Lipinski definition) is 3. The van der Waals surface area contributed by atoms with E-state index >= 15 is 0 Å². The maximum Gasteiger partial charge on any atom is 0.220 e. The average Bonchev–Trinajstić information content (AvgIpc) is 3.01. The summed E-state index contributed by atoms with van der Waals surface area (Å²) in [5, 5.41) is 22.8. The van der Waals surface area contributed by atoms with Crippen molar-refractivity contribution in [1.82, 2.24) is 5.32 Å². The summed E-state index contributed by atoms with van der Waals surface area (Å²) in [6.07, 6.45) is 47.2. The molecule has 0 rings (SSSR count). The van der Waals surface area contributed by atoms with Gasteiger partial charge in [0.15, 0.2) is 0 Å². The van der Waals surface area contributed by atoms with Crippen LogP contribution in [0, 0.1) is 0 Å². The van der Waals surface area contributed by atoms with E-state index < -0.39 is 12.1 Å². The fourth-order valence-electron chi connectivity index (χ4n) is 4.88. The van der Waals surface area contributed by atoms with Gasteiger partial charge >= 0.3 is 0 Å². The average molecular weight is 600 g/mol. The predicted molar refractivity (Wildman–Crippen MR) is 188 cm³/mol. The second kappa shape index (κ2) is 34.6. The highest BCUT2D eigenvalue weighted by atomic mass is 16.3. The normalized spacial score (nSPS) is 13.9. The number of carbonyl (C=O) groups is 1. The van der Waals surface area contributed by atoms with E-state index in [9.17, 15) is 15.0 Å². The molecule has 0 radical (unpaired) electrons. The fraction of sp³-hybridized carbons (Fsp3) is 0.718. The van der Waals surface area contributed by atoms with Crippen LogP contribution >= 0.6 is 0 Å². The molecule has 3 N–H and O–H groups in total. The number of allylic oxidation sites excluding steroid dienone is 9. The van der Waals surface area contributed by atoms with Crippen molar-refractivity contribution in [1.29, 1.82) is 0 Å². The number of aliphatic hydroxyl groups is 2. The van der Waals surface area contributed by atoms with Crippen LogP contribution in [0.5, 0.6) is 0 Å². The maximum atomic E-state index is 12.3. The molecule has 4 nitrogen and oxygen atoms in total. The lowest BCUT2D eigenvalue weighted by atomic mass is 10.1. The predicted octanol–water partition coefficient (Wildman–Crippen LogP) is 10.6. The number of unbranched alkanes of at least 4 members (excludes halogenated alkanes) is 16. The van der Waals surface area contributed by atoms with Crippen LogP contribution in [0.15, 0.2) is 60.8 Å². The van der Waals surface area contributed by atoms with Gasteiger partial charge in [0.1, 0.15) is 0 Å². The van der Waals surface area contributed by atoms with Crippen molar-refractivity contribution < 1.29 is 15.0 Å². The summed E-state index contributed by atoms with van der Waals surface area (Å²) in [4.78, 5) is 12.3. The van der Waals surface area contributed by atoms with Gasteiger partial charge in [-0.15, -0.1) is 0 Å². The molecule has 0 bridgehead atoms. The summed E-state index contributed by atoms with van der Waals surface area (Å²) in [5.41, 5.74) is 0. The minimum Gasteiger partial charge on any atom is -0.394 e. The molecule has 43 heavy (non-hydrogen) atoms. The summed E-state index contributed by atoms with van der Waals surface area (Å²) >= 11 is 0. The van der Waals surface area contributed by atoms with Gasteiger partial charge in [0.05, 0.1) is 18.8 Å². The molecule has 0 aromatic rings. The number of aliphatic hydroxyl groups excluding tert-OH is 2. The molecule has 248 valence electrons. The quantitative estimate of drug-likeness (QED) is 0.0548. The topological polar surface area (TPSA) is 69.6 Å². The molecule has 0 saturated heterocycles. The molecule has 2 unspecified atom stereocenters. The molecule has 0 aliphatic rings. The van der Waals surface area contributed by atoms with Crippen molar-refractivity contribution in [2.45, 2.75) is 174 Å². The summed E-state index contributed by atoms with van der Waals surface area (Å²) in [6, 6.07) is -0.652. The van der Waals surface area contributed by atoms with Gasteiger partial charge in [-0.3, -0.25) is 4.79 Å². The molecule has 0 aliphatic carbocycles. The Balaban J connectivity index is 3.77. The number of nitrogens with one attached hydrogen (secondary N) is 1. The lowest BCUT2D eigenvalue weighted by molar-refractivity contribution is -0.123. The van der Waals surface area contributed by atoms with Gasteiger partial charge in [0, 0.05) is 6.42 Å². The summed E-state index contributed by atoms with van der Waals surface area (Å²) in [5.74, 6) is -0.0960. The molecular weight excluding hydrogens is 530 g/mol. The molecule has 0 aromatic heterocycles. The van der Waals surface area contributed by atoms with Crippen LogP contribution in [-0.2, 0) is 4.79 Å². The van der Waals surface area contributed by atoms with Gasteiger partial charge in [0.2, 0.25) is 5.91 Å². The minimum absolute atomic E-state index is 0.0960. The first-order valence-electron chi connectivity index (χ1n) is 18.0. The Labute approximate surface area is 266 Å². The van der Waals surface area contributed by atoms with Crippen molar-refractivity contribution in [3.05, 3.63) is 60.8 Å². The van der Waals surface area contributed by atoms with Gasteiger partial charge in [-0.05, 0) is 77.0 Å². The first-order valence-corrected chi connectivity index (χ1v) is 18.0. The third-order valence-electron chi connectivity index (χ3n) is 7.70. The van der Waals surface area contributed by atoms with Crippen molar-refractivity contribution in [2.24, 2.45) is 0 Å². The molecule has 0 aliphatic heterocycles. The van der Waals surface area contributed by atoms with Gasteiger partial charge < -0.3 is 15.5 Å². The zero-order valence-corrected chi connectivity index (χ0v) is 28.2. The van der Waals surface area contributed by atoms with Gasteiger partial charge in [-0.2, -0.15) is 0 Å². The lowest BCUT2D eigenvalue weighted by Gasteiger charge is -2.19. The van der Waals surface area contributed by atoms with Gasteiger partial charge in [-0.25, -0.2) is 0 Å². The van der Waals surface area contributed by atoms with E-state index in [1.165, 1.54) is 83.5 Å². The molecule has 1 amide bonds. The Kier molecular flexibility index (Phi) is 33.0. The molecule has 4 heteroatoms. The van der Waals surface area contributed by atoms with E-state index in [-0.39, 0.29) is 12.5 Å². The van der Waals surface area contributed by atoms with Crippen molar-refractivity contribution in [2.75, 3.05) is 6.61 Å². The smallest absolute Gasteiger partial charge is 0.220 e. The molecule has 0 heterocycles. The highest BCUT2D eigenvalue weighted by molar-refractivity contribution is 5.76. The Morgan fingerprint density at radius 3 is 1.51 bits per heavy atom. The third-order valence-corrected chi connectivity index (χ3v) is 7.70. The maximum absolute atomic E-state index is 12.3. The number of amides is 1. The first-order chi connectivity index (χ1) is 21.2. The van der Waals surface area contributed by atoms with Crippen LogP contribution in [0.2, 0.25) is 0 Å². The summed E-state index contributed by atoms with van der Waals surface area (Å²) in [6.45, 7) is 4.23. The Hall–Kier alpha value is -1.91. The van der Waals surface area contributed by atoms with Crippen LogP contribution in [-0.4, -0.2) is 34.9 Å². The monoisotopic (exact) mass is 600 g/mol. The number of rotatable bonds is 31. The van der Waals surface area contributed by atoms with Gasteiger partial charge in [0.25, 0.3) is 0 Å². The zero-order chi connectivity index (χ0) is 31.5. The molecule has 0 spiro atoms. The van der Waals surface area contributed by atoms with Crippen LogP contribution in [0.4, 0.5) is 0 Å². The van der Waals surface area contributed by atoms with Crippen LogP contribution < -0.4 is 5.32 Å². The van der Waals surface area contributed by atoms with E-state index in [2.05, 4.69) is 67.8 Å². The second-order valence-corrected chi connectivity index (χ2v) is 11.9. The van der Waals surface area contributed by atoms with E-state index in [1.54, 1.807) is 6.08 Å². The van der Waals surface area contributed by atoms with Crippen LogP contribution in [0.25, 0.3) is 0 Å². The number of hydrogen-bond acceptors (Lipinski definition) is 3. The van der Waals surface area contributed by atoms with Crippen molar-refractivity contribution >= 4 is 5.91 Å². The second-order valence-electron chi connectivity index (χ2n) is 11.9. The largest absolute Gasteiger partial charge is 0.394 e. The fourth-order valence-corrected chi connectivity index (χ4v) is 4.88.